The Bertz CT molecular complexity index is 451. The van der Waals surface area contributed by atoms with Crippen LogP contribution >= 0.6 is 15.9 Å². The van der Waals surface area contributed by atoms with Gasteiger partial charge >= 0.3 is 0 Å². The molecule has 0 saturated carbocycles. The fourth-order valence-corrected chi connectivity index (χ4v) is 1.55. The molecular formula is C13H11BrO. The lowest BCUT2D eigenvalue weighted by Gasteiger charge is -2.06. The van der Waals surface area contributed by atoms with Gasteiger partial charge in [0.1, 0.15) is 11.5 Å². The summed E-state index contributed by atoms with van der Waals surface area (Å²) in [6.07, 6.45) is 0. The molecule has 0 saturated heterocycles. The monoisotopic (exact) mass is 262 g/mol. The van der Waals surface area contributed by atoms with Crippen LogP contribution in [0.2, 0.25) is 0 Å². The van der Waals surface area contributed by atoms with Gasteiger partial charge < -0.3 is 4.74 Å². The van der Waals surface area contributed by atoms with Crippen molar-refractivity contribution in [3.05, 3.63) is 58.6 Å². The van der Waals surface area contributed by atoms with E-state index in [4.69, 9.17) is 4.74 Å². The molecule has 2 aromatic carbocycles. The minimum absolute atomic E-state index is 0.860. The fourth-order valence-electron chi connectivity index (χ4n) is 1.31. The first-order valence-electron chi connectivity index (χ1n) is 4.75. The molecule has 0 N–H and O–H groups in total. The van der Waals surface area contributed by atoms with E-state index in [0.29, 0.717) is 0 Å². The largest absolute Gasteiger partial charge is 0.457 e. The number of hydrogen-bond donors (Lipinski definition) is 0. The summed E-state index contributed by atoms with van der Waals surface area (Å²) < 4.78 is 6.79. The third-order valence-corrected chi connectivity index (χ3v) is 3.00. The van der Waals surface area contributed by atoms with Crippen molar-refractivity contribution in [1.82, 2.24) is 0 Å². The maximum atomic E-state index is 5.69. The van der Waals surface area contributed by atoms with Crippen molar-refractivity contribution >= 4 is 15.9 Å². The maximum Gasteiger partial charge on any atom is 0.127 e. The highest BCUT2D eigenvalue weighted by Gasteiger charge is 1.99. The second kappa shape index (κ2) is 4.49. The van der Waals surface area contributed by atoms with E-state index in [2.05, 4.69) is 15.9 Å². The first-order chi connectivity index (χ1) is 7.25. The van der Waals surface area contributed by atoms with Gasteiger partial charge in [-0.2, -0.15) is 0 Å². The first kappa shape index (κ1) is 10.2. The van der Waals surface area contributed by atoms with Crippen LogP contribution in [0.5, 0.6) is 11.5 Å². The number of ether oxygens (including phenoxy) is 1. The van der Waals surface area contributed by atoms with Crippen LogP contribution in [0.3, 0.4) is 0 Å². The summed E-state index contributed by atoms with van der Waals surface area (Å²) >= 11 is 3.46. The number of benzene rings is 2. The number of rotatable bonds is 2. The number of halogens is 1. The van der Waals surface area contributed by atoms with Gasteiger partial charge in [-0.3, -0.25) is 0 Å². The smallest absolute Gasteiger partial charge is 0.127 e. The van der Waals surface area contributed by atoms with Crippen LogP contribution in [0.15, 0.2) is 53.0 Å². The molecule has 0 aliphatic carbocycles. The van der Waals surface area contributed by atoms with Crippen molar-refractivity contribution in [2.24, 2.45) is 0 Å². The Kier molecular flexibility index (Phi) is 3.07. The second-order valence-electron chi connectivity index (χ2n) is 3.33. The summed E-state index contributed by atoms with van der Waals surface area (Å²) in [5, 5.41) is 0. The van der Waals surface area contributed by atoms with Crippen LogP contribution in [0.4, 0.5) is 0 Å². The summed E-state index contributed by atoms with van der Waals surface area (Å²) in [5.41, 5.74) is 1.17. The van der Waals surface area contributed by atoms with Gasteiger partial charge in [0.25, 0.3) is 0 Å². The Hall–Kier alpha value is -1.28. The molecule has 0 fully saturated rings. The van der Waals surface area contributed by atoms with Crippen molar-refractivity contribution in [2.75, 3.05) is 0 Å². The number of para-hydroxylation sites is 1. The van der Waals surface area contributed by atoms with Crippen molar-refractivity contribution in [3.8, 4) is 11.5 Å². The molecule has 1 nitrogen and oxygen atoms in total. The van der Waals surface area contributed by atoms with Gasteiger partial charge in [-0.05, 0) is 42.8 Å². The lowest BCUT2D eigenvalue weighted by molar-refractivity contribution is 0.482. The highest BCUT2D eigenvalue weighted by atomic mass is 79.9. The molecule has 2 rings (SSSR count). The lowest BCUT2D eigenvalue weighted by Crippen LogP contribution is -1.84. The van der Waals surface area contributed by atoms with E-state index in [-0.39, 0.29) is 0 Å². The molecule has 0 bridgehead atoms. The van der Waals surface area contributed by atoms with E-state index in [1.807, 2.05) is 55.5 Å². The number of aryl methyl sites for hydroxylation is 1. The molecule has 2 heteroatoms. The Balaban J connectivity index is 2.22. The summed E-state index contributed by atoms with van der Waals surface area (Å²) in [7, 11) is 0. The molecule has 0 aliphatic rings. The van der Waals surface area contributed by atoms with Gasteiger partial charge in [-0.1, -0.05) is 34.1 Å². The summed E-state index contributed by atoms with van der Waals surface area (Å²) in [6, 6.07) is 15.7. The van der Waals surface area contributed by atoms with Gasteiger partial charge in [-0.15, -0.1) is 0 Å². The zero-order valence-electron chi connectivity index (χ0n) is 8.41. The van der Waals surface area contributed by atoms with Crippen LogP contribution in [0.1, 0.15) is 5.56 Å². The third kappa shape index (κ3) is 2.60. The zero-order valence-corrected chi connectivity index (χ0v) is 9.99. The predicted molar refractivity (Wildman–Crippen MR) is 65.4 cm³/mol. The topological polar surface area (TPSA) is 9.23 Å². The Morgan fingerprint density at radius 2 is 1.67 bits per heavy atom. The molecule has 0 unspecified atom stereocenters. The number of hydrogen-bond acceptors (Lipinski definition) is 1. The molecule has 2 aromatic rings. The van der Waals surface area contributed by atoms with Gasteiger partial charge in [0.05, 0.1) is 0 Å². The Morgan fingerprint density at radius 3 is 2.33 bits per heavy atom. The van der Waals surface area contributed by atoms with Gasteiger partial charge in [0.15, 0.2) is 0 Å². The van der Waals surface area contributed by atoms with Gasteiger partial charge in [0, 0.05) is 4.47 Å². The van der Waals surface area contributed by atoms with Crippen LogP contribution in [0, 0.1) is 6.92 Å². The summed E-state index contributed by atoms with van der Waals surface area (Å²) in [6.45, 7) is 2.04. The van der Waals surface area contributed by atoms with Crippen LogP contribution in [-0.4, -0.2) is 0 Å². The minimum atomic E-state index is 0.860. The molecule has 76 valence electrons. The highest BCUT2D eigenvalue weighted by Crippen LogP contribution is 2.25. The van der Waals surface area contributed by atoms with Gasteiger partial charge in [-0.25, -0.2) is 0 Å². The molecule has 0 radical (unpaired) electrons. The maximum absolute atomic E-state index is 5.69. The average molecular weight is 263 g/mol. The molecule has 0 spiro atoms. The van der Waals surface area contributed by atoms with Crippen LogP contribution < -0.4 is 4.74 Å². The molecule has 0 amide bonds. The average Bonchev–Trinajstić information content (AvgIpc) is 2.25. The normalized spacial score (nSPS) is 10.0. The molecule has 15 heavy (non-hydrogen) atoms. The quantitative estimate of drug-likeness (QED) is 0.772. The minimum Gasteiger partial charge on any atom is -0.457 e. The molecule has 0 aliphatic heterocycles. The second-order valence-corrected chi connectivity index (χ2v) is 4.18. The van der Waals surface area contributed by atoms with Gasteiger partial charge in [0.2, 0.25) is 0 Å². The molecular weight excluding hydrogens is 252 g/mol. The van der Waals surface area contributed by atoms with Crippen LogP contribution in [-0.2, 0) is 0 Å². The fraction of sp³-hybridized carbons (Fsp3) is 0.0769. The first-order valence-corrected chi connectivity index (χ1v) is 5.54. The predicted octanol–water partition coefficient (Wildman–Crippen LogP) is 4.55. The SMILES string of the molecule is Cc1cc(Oc2ccccc2)ccc1Br. The Morgan fingerprint density at radius 1 is 0.933 bits per heavy atom. The zero-order chi connectivity index (χ0) is 10.7. The summed E-state index contributed by atoms with van der Waals surface area (Å²) in [4.78, 5) is 0. The third-order valence-electron chi connectivity index (χ3n) is 2.11. The van der Waals surface area contributed by atoms with Crippen molar-refractivity contribution in [1.29, 1.82) is 0 Å². The highest BCUT2D eigenvalue weighted by molar-refractivity contribution is 9.10. The van der Waals surface area contributed by atoms with E-state index < -0.39 is 0 Å². The molecule has 0 atom stereocenters. The Labute approximate surface area is 97.8 Å². The van der Waals surface area contributed by atoms with E-state index in [9.17, 15) is 0 Å². The molecule has 0 aromatic heterocycles. The molecule has 0 heterocycles. The van der Waals surface area contributed by atoms with E-state index in [1.165, 1.54) is 5.56 Å². The van der Waals surface area contributed by atoms with Crippen molar-refractivity contribution < 1.29 is 4.74 Å². The lowest BCUT2D eigenvalue weighted by atomic mass is 10.2. The van der Waals surface area contributed by atoms with Crippen LogP contribution in [0.25, 0.3) is 0 Å². The summed E-state index contributed by atoms with van der Waals surface area (Å²) in [5.74, 6) is 1.72. The van der Waals surface area contributed by atoms with Crippen molar-refractivity contribution in [2.45, 2.75) is 6.92 Å². The van der Waals surface area contributed by atoms with E-state index >= 15 is 0 Å². The van der Waals surface area contributed by atoms with E-state index in [0.717, 1.165) is 16.0 Å². The van der Waals surface area contributed by atoms with E-state index in [1.54, 1.807) is 0 Å². The van der Waals surface area contributed by atoms with Crippen molar-refractivity contribution in [3.63, 3.8) is 0 Å². The standard InChI is InChI=1S/C13H11BrO/c1-10-9-12(7-8-13(10)14)15-11-5-3-2-4-6-11/h2-9H,1H3.